The van der Waals surface area contributed by atoms with Gasteiger partial charge in [-0.2, -0.15) is 4.31 Å². The molecular formula is C27H34N5O5S+. The van der Waals surface area contributed by atoms with Gasteiger partial charge in [0.2, 0.25) is 15.8 Å². The lowest BCUT2D eigenvalue weighted by atomic mass is 10.1. The number of carbonyl (C=O) groups excluding carboxylic acids is 1. The molecule has 1 aromatic heterocycles. The van der Waals surface area contributed by atoms with E-state index in [0.717, 1.165) is 20.6 Å². The number of sulfonamides is 1. The third kappa shape index (κ3) is 5.35. The summed E-state index contributed by atoms with van der Waals surface area (Å²) in [5.41, 5.74) is 7.31. The number of nitrogens with two attached hydrogens (primary N) is 1. The maximum Gasteiger partial charge on any atom is 0.332 e. The molecule has 11 heteroatoms. The molecule has 0 atom stereocenters. The van der Waals surface area contributed by atoms with Crippen molar-refractivity contribution in [3.63, 3.8) is 0 Å². The molecule has 3 N–H and O–H groups in total. The minimum atomic E-state index is -3.65. The van der Waals surface area contributed by atoms with E-state index in [4.69, 9.17) is 5.73 Å². The summed E-state index contributed by atoms with van der Waals surface area (Å²) in [5.74, 6) is -0.605. The van der Waals surface area contributed by atoms with Gasteiger partial charge in [0, 0.05) is 6.54 Å². The number of hydrogen-bond acceptors (Lipinski definition) is 6. The number of nitrogens with one attached hydrogen (secondary N) is 1. The fourth-order valence-electron chi connectivity index (χ4n) is 4.94. The van der Waals surface area contributed by atoms with Gasteiger partial charge in [-0.1, -0.05) is 48.0 Å². The van der Waals surface area contributed by atoms with Crippen LogP contribution in [0.5, 0.6) is 0 Å². The van der Waals surface area contributed by atoms with Gasteiger partial charge in [-0.05, 0) is 38.0 Å². The summed E-state index contributed by atoms with van der Waals surface area (Å²) in [6, 6.07) is 14.5. The highest BCUT2D eigenvalue weighted by Crippen LogP contribution is 2.21. The van der Waals surface area contributed by atoms with E-state index in [1.165, 1.54) is 8.87 Å². The molecule has 202 valence electrons. The monoisotopic (exact) mass is 540 g/mol. The second kappa shape index (κ2) is 11.1. The Balaban J connectivity index is 1.53. The Morgan fingerprint density at radius 3 is 2.26 bits per heavy atom. The van der Waals surface area contributed by atoms with Crippen molar-refractivity contribution in [1.82, 2.24) is 13.4 Å². The highest BCUT2D eigenvalue weighted by Gasteiger charge is 2.33. The predicted octanol–water partition coefficient (Wildman–Crippen LogP) is 0.0493. The quantitative estimate of drug-likeness (QED) is 0.389. The summed E-state index contributed by atoms with van der Waals surface area (Å²) < 4.78 is 30.1. The Morgan fingerprint density at radius 2 is 1.66 bits per heavy atom. The van der Waals surface area contributed by atoms with Gasteiger partial charge in [-0.3, -0.25) is 18.7 Å². The lowest BCUT2D eigenvalue weighted by Gasteiger charge is -2.31. The molecule has 2 heterocycles. The van der Waals surface area contributed by atoms with Gasteiger partial charge in [0.05, 0.1) is 37.6 Å². The molecular weight excluding hydrogens is 506 g/mol. The van der Waals surface area contributed by atoms with Crippen molar-refractivity contribution in [3.05, 3.63) is 91.6 Å². The van der Waals surface area contributed by atoms with E-state index >= 15 is 0 Å². The second-order valence-electron chi connectivity index (χ2n) is 9.69. The number of hydrogen-bond donors (Lipinski definition) is 2. The maximum absolute atomic E-state index is 13.4. The normalized spacial score (nSPS) is 15.0. The molecule has 3 aromatic rings. The summed E-state index contributed by atoms with van der Waals surface area (Å²) >= 11 is 0. The third-order valence-corrected chi connectivity index (χ3v) is 9.09. The molecule has 0 spiro atoms. The predicted molar refractivity (Wildman–Crippen MR) is 145 cm³/mol. The van der Waals surface area contributed by atoms with E-state index in [-0.39, 0.29) is 49.0 Å². The van der Waals surface area contributed by atoms with Crippen LogP contribution in [0.1, 0.15) is 34.0 Å². The second-order valence-corrected chi connectivity index (χ2v) is 11.6. The number of ketones is 1. The van der Waals surface area contributed by atoms with Gasteiger partial charge >= 0.3 is 5.69 Å². The number of rotatable bonds is 8. The molecule has 1 aliphatic heterocycles. The molecule has 4 rings (SSSR count). The van der Waals surface area contributed by atoms with Crippen molar-refractivity contribution in [2.45, 2.75) is 38.8 Å². The number of piperazine rings is 1. The largest absolute Gasteiger partial charge is 0.384 e. The van der Waals surface area contributed by atoms with Crippen LogP contribution >= 0.6 is 0 Å². The van der Waals surface area contributed by atoms with Gasteiger partial charge < -0.3 is 10.6 Å². The average Bonchev–Trinajstić information content (AvgIpc) is 2.87. The SMILES string of the molecule is CCn1c(=O)c(C(=O)C[NH+]2CCN(S(=O)(=O)c3ccc(C)cc3C)CC2)c(N)n(Cc2ccccc2)c1=O. The number of quaternary nitrogens is 1. The van der Waals surface area contributed by atoms with Crippen LogP contribution in [0.2, 0.25) is 0 Å². The number of benzene rings is 2. The first kappa shape index (κ1) is 27.5. The number of carbonyl (C=O) groups is 1. The molecule has 0 saturated carbocycles. The van der Waals surface area contributed by atoms with E-state index < -0.39 is 27.1 Å². The van der Waals surface area contributed by atoms with Crippen LogP contribution in [0.15, 0.2) is 63.0 Å². The van der Waals surface area contributed by atoms with Gasteiger partial charge in [-0.25, -0.2) is 13.2 Å². The molecule has 1 aliphatic rings. The van der Waals surface area contributed by atoms with Crippen LogP contribution < -0.4 is 21.9 Å². The van der Waals surface area contributed by atoms with Gasteiger partial charge in [0.15, 0.2) is 0 Å². The molecule has 1 saturated heterocycles. The first-order valence-electron chi connectivity index (χ1n) is 12.7. The minimum absolute atomic E-state index is 0.0237. The molecule has 0 aliphatic carbocycles. The zero-order chi connectivity index (χ0) is 27.6. The average molecular weight is 541 g/mol. The van der Waals surface area contributed by atoms with Gasteiger partial charge in [0.25, 0.3) is 5.56 Å². The Morgan fingerprint density at radius 1 is 1.00 bits per heavy atom. The molecule has 10 nitrogen and oxygen atoms in total. The Bertz CT molecular complexity index is 1570. The Hall–Kier alpha value is -3.54. The number of nitrogens with zero attached hydrogens (tertiary/aromatic N) is 3. The number of nitrogen functional groups attached to an aromatic ring is 1. The van der Waals surface area contributed by atoms with E-state index in [1.54, 1.807) is 26.0 Å². The molecule has 38 heavy (non-hydrogen) atoms. The molecule has 0 radical (unpaired) electrons. The van der Waals surface area contributed by atoms with E-state index in [1.807, 2.05) is 43.3 Å². The zero-order valence-corrected chi connectivity index (χ0v) is 22.8. The van der Waals surface area contributed by atoms with Crippen LogP contribution in [0.4, 0.5) is 5.82 Å². The lowest BCUT2D eigenvalue weighted by molar-refractivity contribution is -0.895. The third-order valence-electron chi connectivity index (χ3n) is 7.03. The minimum Gasteiger partial charge on any atom is -0.384 e. The molecule has 0 unspecified atom stereocenters. The summed E-state index contributed by atoms with van der Waals surface area (Å²) in [7, 11) is -3.65. The summed E-state index contributed by atoms with van der Waals surface area (Å²) in [6.07, 6.45) is 0. The number of aromatic nitrogens is 2. The number of Topliss-reactive ketones (excluding diaryl/α,β-unsaturated/α-hetero) is 1. The van der Waals surface area contributed by atoms with Crippen molar-refractivity contribution >= 4 is 21.6 Å². The zero-order valence-electron chi connectivity index (χ0n) is 21.9. The molecule has 2 aromatic carbocycles. The van der Waals surface area contributed by atoms with E-state index in [9.17, 15) is 22.8 Å². The van der Waals surface area contributed by atoms with Crippen LogP contribution in [-0.2, 0) is 23.1 Å². The Labute approximate surface area is 222 Å². The van der Waals surface area contributed by atoms with E-state index in [2.05, 4.69) is 0 Å². The standard InChI is InChI=1S/C27H33N5O5S/c1-4-31-26(34)24(25(28)32(27(31)35)17-21-8-6-5-7-9-21)22(33)18-29-12-14-30(15-13-29)38(36,37)23-11-10-19(2)16-20(23)3/h5-11,16H,4,12-15,17-18,28H2,1-3H3/p+1. The summed E-state index contributed by atoms with van der Waals surface area (Å²) in [5, 5.41) is 0. The Kier molecular flexibility index (Phi) is 8.00. The van der Waals surface area contributed by atoms with Crippen molar-refractivity contribution in [1.29, 1.82) is 0 Å². The summed E-state index contributed by atoms with van der Waals surface area (Å²) in [4.78, 5) is 40.5. The maximum atomic E-state index is 13.4. The number of aryl methyl sites for hydroxylation is 2. The van der Waals surface area contributed by atoms with E-state index in [0.29, 0.717) is 18.7 Å². The van der Waals surface area contributed by atoms with Crippen LogP contribution in [0, 0.1) is 13.8 Å². The number of anilines is 1. The van der Waals surface area contributed by atoms with Crippen molar-refractivity contribution in [2.24, 2.45) is 0 Å². The smallest absolute Gasteiger partial charge is 0.332 e. The molecule has 0 bridgehead atoms. The first-order chi connectivity index (χ1) is 18.0. The van der Waals surface area contributed by atoms with Crippen molar-refractivity contribution < 1.29 is 18.1 Å². The summed E-state index contributed by atoms with van der Waals surface area (Å²) in [6.45, 7) is 6.89. The fraction of sp³-hybridized carbons (Fsp3) is 0.370. The van der Waals surface area contributed by atoms with Gasteiger partial charge in [-0.15, -0.1) is 0 Å². The van der Waals surface area contributed by atoms with Crippen molar-refractivity contribution in [2.75, 3.05) is 38.5 Å². The van der Waals surface area contributed by atoms with Crippen LogP contribution in [-0.4, -0.2) is 60.4 Å². The lowest BCUT2D eigenvalue weighted by Crippen LogP contribution is -3.15. The first-order valence-corrected chi connectivity index (χ1v) is 14.1. The van der Waals surface area contributed by atoms with Crippen molar-refractivity contribution in [3.8, 4) is 0 Å². The van der Waals surface area contributed by atoms with Gasteiger partial charge in [0.1, 0.15) is 17.9 Å². The van der Waals surface area contributed by atoms with Crippen LogP contribution in [0.25, 0.3) is 0 Å². The molecule has 1 fully saturated rings. The fourth-order valence-corrected chi connectivity index (χ4v) is 6.59. The topological polar surface area (TPSA) is 129 Å². The van der Waals surface area contributed by atoms with Crippen LogP contribution in [0.3, 0.4) is 0 Å². The highest BCUT2D eigenvalue weighted by atomic mass is 32.2. The highest BCUT2D eigenvalue weighted by molar-refractivity contribution is 7.89. The molecule has 0 amide bonds.